The van der Waals surface area contributed by atoms with Gasteiger partial charge in [0.2, 0.25) is 5.67 Å². The maximum Gasteiger partial charge on any atom is 0.306 e. The number of ether oxygens (including phenoxy) is 3. The summed E-state index contributed by atoms with van der Waals surface area (Å²) in [5.41, 5.74) is 0.696. The molecule has 0 radical (unpaired) electrons. The van der Waals surface area contributed by atoms with E-state index in [2.05, 4.69) is 9.80 Å². The van der Waals surface area contributed by atoms with Crippen LogP contribution in [0.2, 0.25) is 5.02 Å². The average Bonchev–Trinajstić information content (AvgIpc) is 3.70. The van der Waals surface area contributed by atoms with Crippen LogP contribution in [-0.4, -0.2) is 111 Å². The quantitative estimate of drug-likeness (QED) is 0.306. The third kappa shape index (κ3) is 7.58. The van der Waals surface area contributed by atoms with Crippen molar-refractivity contribution in [3.63, 3.8) is 0 Å². The number of hydrogen-bond donors (Lipinski definition) is 1. The summed E-state index contributed by atoms with van der Waals surface area (Å²) in [7, 11) is 3.27. The van der Waals surface area contributed by atoms with Gasteiger partial charge >= 0.3 is 5.97 Å². The van der Waals surface area contributed by atoms with Gasteiger partial charge in [0.05, 0.1) is 25.7 Å². The van der Waals surface area contributed by atoms with Crippen LogP contribution in [0, 0.1) is 11.8 Å². The summed E-state index contributed by atoms with van der Waals surface area (Å²) in [6.07, 6.45) is 5.10. The Hall–Kier alpha value is -2.92. The van der Waals surface area contributed by atoms with E-state index >= 15 is 4.39 Å². The second-order valence-electron chi connectivity index (χ2n) is 14.3. The molecule has 3 aliphatic heterocycles. The molecule has 0 spiro atoms. The molecule has 3 saturated heterocycles. The summed E-state index contributed by atoms with van der Waals surface area (Å²) in [5.74, 6) is -1.63. The van der Waals surface area contributed by atoms with E-state index in [1.165, 1.54) is 0 Å². The number of halogens is 2. The molecular weight excluding hydrogens is 649 g/mol. The number of hydrogen-bond acceptors (Lipinski definition) is 7. The van der Waals surface area contributed by atoms with Gasteiger partial charge in [-0.25, -0.2) is 4.39 Å². The Morgan fingerprint density at radius 2 is 1.69 bits per heavy atom. The molecule has 9 nitrogen and oxygen atoms in total. The molecule has 2 aromatic carbocycles. The van der Waals surface area contributed by atoms with Gasteiger partial charge in [-0.15, -0.1) is 0 Å². The number of nitrogens with zero attached hydrogens (tertiary/aromatic N) is 3. The van der Waals surface area contributed by atoms with Crippen molar-refractivity contribution < 1.29 is 33.3 Å². The topological polar surface area (TPSA) is 91.8 Å². The summed E-state index contributed by atoms with van der Waals surface area (Å²) in [6.45, 7) is 5.65. The molecular formula is C38H51ClFN3O6. The zero-order valence-electron chi connectivity index (χ0n) is 29.0. The summed E-state index contributed by atoms with van der Waals surface area (Å²) >= 11 is 6.52. The van der Waals surface area contributed by atoms with Crippen LogP contribution in [0.3, 0.4) is 0 Å². The lowest BCUT2D eigenvalue weighted by atomic mass is 9.85. The smallest absolute Gasteiger partial charge is 0.306 e. The number of rotatable bonds is 11. The third-order valence-corrected chi connectivity index (χ3v) is 11.8. The SMILES string of the molecule is CCOC1CCC(N2C[C@@H](c3ccc(OC)cc3)[C@](F)(C(=O)N3C[C@H](COC)[C@@H](c4ccc(Cl)cc4N4CCC(C(=O)O)CC4)C3)C2)CC1. The van der Waals surface area contributed by atoms with Crippen molar-refractivity contribution in [2.75, 3.05) is 71.6 Å². The predicted molar refractivity (Wildman–Crippen MR) is 188 cm³/mol. The number of carbonyl (C=O) groups excluding carboxylic acids is 1. The lowest BCUT2D eigenvalue weighted by molar-refractivity contribution is -0.143. The van der Waals surface area contributed by atoms with Crippen LogP contribution in [0.15, 0.2) is 42.5 Å². The number of carboxylic acids is 1. The lowest BCUT2D eigenvalue weighted by Gasteiger charge is -2.35. The van der Waals surface area contributed by atoms with Gasteiger partial charge in [0.25, 0.3) is 5.91 Å². The highest BCUT2D eigenvalue weighted by Gasteiger charge is 2.57. The number of carbonyl (C=O) groups is 2. The molecule has 3 heterocycles. The van der Waals surface area contributed by atoms with E-state index in [4.69, 9.17) is 25.8 Å². The fourth-order valence-corrected chi connectivity index (χ4v) is 9.04. The zero-order chi connectivity index (χ0) is 34.7. The van der Waals surface area contributed by atoms with E-state index < -0.39 is 23.5 Å². The van der Waals surface area contributed by atoms with Crippen molar-refractivity contribution in [2.45, 2.75) is 75.1 Å². The molecule has 1 aliphatic carbocycles. The van der Waals surface area contributed by atoms with Gasteiger partial charge in [-0.1, -0.05) is 29.8 Å². The molecule has 4 aliphatic rings. The summed E-state index contributed by atoms with van der Waals surface area (Å²) in [6, 6.07) is 13.5. The Labute approximate surface area is 294 Å². The number of carboxylic acid groups (broad SMARTS) is 1. The van der Waals surface area contributed by atoms with Crippen LogP contribution < -0.4 is 9.64 Å². The summed E-state index contributed by atoms with van der Waals surface area (Å²) < 4.78 is 34.8. The number of methoxy groups -OCH3 is 2. The Bertz CT molecular complexity index is 1450. The van der Waals surface area contributed by atoms with Crippen LogP contribution in [0.25, 0.3) is 0 Å². The van der Waals surface area contributed by atoms with E-state index in [0.717, 1.165) is 42.5 Å². The molecule has 11 heteroatoms. The average molecular weight is 700 g/mol. The molecule has 1 N–H and O–H groups in total. The minimum absolute atomic E-state index is 0.0418. The monoisotopic (exact) mass is 699 g/mol. The van der Waals surface area contributed by atoms with Crippen molar-refractivity contribution in [3.8, 4) is 5.75 Å². The molecule has 0 aromatic heterocycles. The van der Waals surface area contributed by atoms with Crippen molar-refractivity contribution in [1.29, 1.82) is 0 Å². The Balaban J connectivity index is 1.26. The van der Waals surface area contributed by atoms with Crippen molar-refractivity contribution >= 4 is 29.2 Å². The van der Waals surface area contributed by atoms with Gasteiger partial charge in [0, 0.05) is 87.5 Å². The minimum atomic E-state index is -2.10. The molecule has 49 heavy (non-hydrogen) atoms. The summed E-state index contributed by atoms with van der Waals surface area (Å²) in [4.78, 5) is 32.4. The Morgan fingerprint density at radius 1 is 0.980 bits per heavy atom. The maximum absolute atomic E-state index is 17.9. The van der Waals surface area contributed by atoms with Gasteiger partial charge in [-0.2, -0.15) is 0 Å². The molecule has 268 valence electrons. The van der Waals surface area contributed by atoms with Crippen LogP contribution >= 0.6 is 11.6 Å². The number of piperidine rings is 1. The van der Waals surface area contributed by atoms with E-state index in [-0.39, 0.29) is 36.4 Å². The second kappa shape index (κ2) is 15.5. The second-order valence-corrected chi connectivity index (χ2v) is 14.8. The van der Waals surface area contributed by atoms with Gasteiger partial charge in [-0.3, -0.25) is 14.5 Å². The number of anilines is 1. The first kappa shape index (κ1) is 35.9. The first-order chi connectivity index (χ1) is 23.6. The van der Waals surface area contributed by atoms with Crippen molar-refractivity contribution in [1.82, 2.24) is 9.80 Å². The predicted octanol–water partition coefficient (Wildman–Crippen LogP) is 5.99. The van der Waals surface area contributed by atoms with E-state index in [9.17, 15) is 14.7 Å². The number of benzene rings is 2. The largest absolute Gasteiger partial charge is 0.497 e. The highest BCUT2D eigenvalue weighted by molar-refractivity contribution is 6.30. The van der Waals surface area contributed by atoms with Crippen LogP contribution in [-0.2, 0) is 19.1 Å². The number of aliphatic carboxylic acids is 1. The maximum atomic E-state index is 17.9. The molecule has 2 aromatic rings. The van der Waals surface area contributed by atoms with Crippen molar-refractivity contribution in [3.05, 3.63) is 58.6 Å². The van der Waals surface area contributed by atoms with E-state index in [0.29, 0.717) is 69.6 Å². The number of likely N-dealkylation sites (tertiary alicyclic amines) is 2. The number of amides is 1. The Kier molecular flexibility index (Phi) is 11.4. The van der Waals surface area contributed by atoms with Crippen LogP contribution in [0.4, 0.5) is 10.1 Å². The zero-order valence-corrected chi connectivity index (χ0v) is 29.7. The molecule has 1 amide bonds. The molecule has 6 rings (SSSR count). The number of alkyl halides is 1. The van der Waals surface area contributed by atoms with Gasteiger partial charge in [0.1, 0.15) is 5.75 Å². The molecule has 0 bridgehead atoms. The fraction of sp³-hybridized carbons (Fsp3) is 0.632. The van der Waals surface area contributed by atoms with Crippen molar-refractivity contribution in [2.24, 2.45) is 11.8 Å². The molecule has 1 saturated carbocycles. The van der Waals surface area contributed by atoms with E-state index in [1.54, 1.807) is 19.1 Å². The standard InChI is InChI=1S/C38H51ClFN3O6/c1-4-49-31-12-8-29(9-13-31)43-22-34(25-5-10-30(48-3)11-6-25)38(40,24-43)37(46)42-20-27(23-47-2)33(21-42)32-14-7-28(39)19-35(32)41-17-15-26(16-18-41)36(44)45/h5-7,10-11,14,19,26-27,29,31,33-34H,4,8-9,12-13,15-18,20-24H2,1-3H3,(H,44,45)/t27-,29?,31?,33+,34+,38+/m1/s1. The first-order valence-corrected chi connectivity index (χ1v) is 18.3. The van der Waals surface area contributed by atoms with Gasteiger partial charge in [-0.05, 0) is 80.8 Å². The highest BCUT2D eigenvalue weighted by Crippen LogP contribution is 2.46. The fourth-order valence-electron chi connectivity index (χ4n) is 8.87. The van der Waals surface area contributed by atoms with Crippen LogP contribution in [0.5, 0.6) is 5.75 Å². The molecule has 4 atom stereocenters. The first-order valence-electron chi connectivity index (χ1n) is 17.9. The third-order valence-electron chi connectivity index (χ3n) is 11.5. The molecule has 0 unspecified atom stereocenters. The lowest BCUT2D eigenvalue weighted by Crippen LogP contribution is -2.50. The Morgan fingerprint density at radius 3 is 2.33 bits per heavy atom. The molecule has 4 fully saturated rings. The normalized spacial score (nSPS) is 29.8. The van der Waals surface area contributed by atoms with Crippen LogP contribution in [0.1, 0.15) is 68.4 Å². The minimum Gasteiger partial charge on any atom is -0.497 e. The van der Waals surface area contributed by atoms with Gasteiger partial charge in [0.15, 0.2) is 0 Å². The van der Waals surface area contributed by atoms with Gasteiger partial charge < -0.3 is 29.1 Å². The summed E-state index contributed by atoms with van der Waals surface area (Å²) in [5, 5.41) is 10.1. The highest BCUT2D eigenvalue weighted by atomic mass is 35.5. The van der Waals surface area contributed by atoms with E-state index in [1.807, 2.05) is 49.4 Å².